The van der Waals surface area contributed by atoms with Crippen molar-refractivity contribution in [1.82, 2.24) is 0 Å². The first kappa shape index (κ1) is 15.5. The number of ether oxygens (including phenoxy) is 2. The number of methoxy groups -OCH3 is 2. The molecule has 0 unspecified atom stereocenters. The van der Waals surface area contributed by atoms with Crippen molar-refractivity contribution in [2.45, 2.75) is 25.2 Å². The van der Waals surface area contributed by atoms with Crippen molar-refractivity contribution in [2.75, 3.05) is 14.2 Å². The molecule has 0 saturated carbocycles. The molecular formula is C12H17FN2O4. The molecule has 2 N–H and O–H groups in total. The van der Waals surface area contributed by atoms with Gasteiger partial charge in [-0.1, -0.05) is 0 Å². The number of hydrogen-bond acceptors (Lipinski definition) is 5. The van der Waals surface area contributed by atoms with E-state index >= 15 is 0 Å². The molecule has 0 amide bonds. The molecular weight excluding hydrogens is 255 g/mol. The van der Waals surface area contributed by atoms with Gasteiger partial charge in [-0.05, 0) is 13.0 Å². The first-order valence-corrected chi connectivity index (χ1v) is 5.60. The largest absolute Gasteiger partial charge is 0.356 e. The summed E-state index contributed by atoms with van der Waals surface area (Å²) < 4.78 is 23.8. The van der Waals surface area contributed by atoms with E-state index in [0.29, 0.717) is 0 Å². The molecule has 0 heterocycles. The van der Waals surface area contributed by atoms with Crippen LogP contribution >= 0.6 is 0 Å². The number of nitro benzene ring substituents is 1. The summed E-state index contributed by atoms with van der Waals surface area (Å²) in [7, 11) is 2.88. The summed E-state index contributed by atoms with van der Waals surface area (Å²) >= 11 is 0. The molecule has 19 heavy (non-hydrogen) atoms. The van der Waals surface area contributed by atoms with E-state index in [-0.39, 0.29) is 17.7 Å². The summed E-state index contributed by atoms with van der Waals surface area (Å²) in [6, 6.07) is 3.27. The van der Waals surface area contributed by atoms with E-state index in [1.54, 1.807) is 6.92 Å². The highest BCUT2D eigenvalue weighted by Gasteiger charge is 2.30. The molecule has 1 atom stereocenters. The first-order valence-electron chi connectivity index (χ1n) is 5.60. The van der Waals surface area contributed by atoms with Crippen LogP contribution in [0, 0.1) is 15.9 Å². The lowest BCUT2D eigenvalue weighted by atomic mass is 9.88. The topological polar surface area (TPSA) is 87.6 Å². The summed E-state index contributed by atoms with van der Waals surface area (Å²) in [5.74, 6) is -0.596. The van der Waals surface area contributed by atoms with Crippen LogP contribution in [0.25, 0.3) is 0 Å². The molecule has 1 aromatic rings. The fourth-order valence-electron chi connectivity index (χ4n) is 1.78. The Hall–Kier alpha value is -1.57. The average molecular weight is 272 g/mol. The lowest BCUT2D eigenvalue weighted by Crippen LogP contribution is -2.39. The summed E-state index contributed by atoms with van der Waals surface area (Å²) in [5.41, 5.74) is 4.74. The van der Waals surface area contributed by atoms with Gasteiger partial charge in [0.2, 0.25) is 0 Å². The number of rotatable bonds is 6. The third kappa shape index (κ3) is 3.69. The Morgan fingerprint density at radius 1 is 1.47 bits per heavy atom. The number of non-ortho nitro benzene ring substituents is 1. The van der Waals surface area contributed by atoms with Crippen molar-refractivity contribution in [3.05, 3.63) is 39.7 Å². The number of nitro groups is 1. The van der Waals surface area contributed by atoms with E-state index in [2.05, 4.69) is 0 Å². The van der Waals surface area contributed by atoms with Crippen LogP contribution in [0.1, 0.15) is 18.9 Å². The summed E-state index contributed by atoms with van der Waals surface area (Å²) in [4.78, 5) is 10.1. The molecule has 106 valence electrons. The first-order chi connectivity index (χ1) is 8.81. The van der Waals surface area contributed by atoms with Gasteiger partial charge in [0, 0.05) is 43.9 Å². The summed E-state index contributed by atoms with van der Waals surface area (Å²) in [5, 5.41) is 10.7. The highest BCUT2D eigenvalue weighted by atomic mass is 19.1. The third-order valence-electron chi connectivity index (χ3n) is 2.89. The van der Waals surface area contributed by atoms with Gasteiger partial charge in [-0.3, -0.25) is 10.1 Å². The molecule has 0 spiro atoms. The zero-order chi connectivity index (χ0) is 14.6. The van der Waals surface area contributed by atoms with Gasteiger partial charge in [0.25, 0.3) is 5.69 Å². The molecule has 0 aliphatic heterocycles. The van der Waals surface area contributed by atoms with Gasteiger partial charge in [0.05, 0.1) is 4.92 Å². The maximum absolute atomic E-state index is 13.8. The molecule has 7 heteroatoms. The number of nitrogens with zero attached hydrogens (tertiary/aromatic N) is 1. The Bertz CT molecular complexity index is 461. The average Bonchev–Trinajstić information content (AvgIpc) is 2.35. The van der Waals surface area contributed by atoms with Gasteiger partial charge >= 0.3 is 0 Å². The highest BCUT2D eigenvalue weighted by Crippen LogP contribution is 2.29. The standard InChI is InChI=1S/C12H17FN2O4/c1-12(14,7-11(18-2)19-3)9-6-8(15(16)17)4-5-10(9)13/h4-6,11H,7,14H2,1-3H3/t12-/m0/s1. The quantitative estimate of drug-likeness (QED) is 0.485. The fraction of sp³-hybridized carbons (Fsp3) is 0.500. The molecule has 1 rings (SSSR count). The predicted octanol–water partition coefficient (Wildman–Crippen LogP) is 1.92. The van der Waals surface area contributed by atoms with Crippen molar-refractivity contribution in [3.8, 4) is 0 Å². The van der Waals surface area contributed by atoms with E-state index < -0.39 is 22.6 Å². The van der Waals surface area contributed by atoms with Crippen LogP contribution in [0.3, 0.4) is 0 Å². The fourth-order valence-corrected chi connectivity index (χ4v) is 1.78. The normalized spacial score (nSPS) is 14.4. The summed E-state index contributed by atoms with van der Waals surface area (Å²) in [6.07, 6.45) is -0.452. The zero-order valence-electron chi connectivity index (χ0n) is 11.1. The Morgan fingerprint density at radius 3 is 2.53 bits per heavy atom. The number of benzene rings is 1. The molecule has 0 aliphatic carbocycles. The van der Waals surface area contributed by atoms with E-state index in [1.807, 2.05) is 0 Å². The second-order valence-corrected chi connectivity index (χ2v) is 4.44. The molecule has 0 bridgehead atoms. The molecule has 1 aromatic carbocycles. The second-order valence-electron chi connectivity index (χ2n) is 4.44. The minimum Gasteiger partial charge on any atom is -0.356 e. The van der Waals surface area contributed by atoms with E-state index in [0.717, 1.165) is 18.2 Å². The van der Waals surface area contributed by atoms with Crippen LogP contribution in [0.2, 0.25) is 0 Å². The van der Waals surface area contributed by atoms with Crippen molar-refractivity contribution < 1.29 is 18.8 Å². The summed E-state index contributed by atoms with van der Waals surface area (Å²) in [6.45, 7) is 1.57. The van der Waals surface area contributed by atoms with Crippen LogP contribution in [-0.2, 0) is 15.0 Å². The minimum atomic E-state index is -1.15. The second kappa shape index (κ2) is 6.05. The monoisotopic (exact) mass is 272 g/mol. The van der Waals surface area contributed by atoms with Crippen molar-refractivity contribution in [2.24, 2.45) is 5.73 Å². The Balaban J connectivity index is 3.12. The third-order valence-corrected chi connectivity index (χ3v) is 2.89. The van der Waals surface area contributed by atoms with E-state index in [9.17, 15) is 14.5 Å². The number of hydrogen-bond donors (Lipinski definition) is 1. The molecule has 0 aliphatic rings. The minimum absolute atomic E-state index is 0.0563. The SMILES string of the molecule is COC(C[C@](C)(N)c1cc([N+](=O)[O-])ccc1F)OC. The van der Waals surface area contributed by atoms with Gasteiger partial charge in [-0.25, -0.2) is 4.39 Å². The van der Waals surface area contributed by atoms with Crippen molar-refractivity contribution >= 4 is 5.69 Å². The maximum Gasteiger partial charge on any atom is 0.269 e. The van der Waals surface area contributed by atoms with Crippen LogP contribution in [0.5, 0.6) is 0 Å². The molecule has 0 aromatic heterocycles. The smallest absolute Gasteiger partial charge is 0.269 e. The predicted molar refractivity (Wildman–Crippen MR) is 67.0 cm³/mol. The van der Waals surface area contributed by atoms with E-state index in [4.69, 9.17) is 15.2 Å². The van der Waals surface area contributed by atoms with Crippen LogP contribution in [0.4, 0.5) is 10.1 Å². The number of nitrogens with two attached hydrogens (primary N) is 1. The van der Waals surface area contributed by atoms with Crippen molar-refractivity contribution in [3.63, 3.8) is 0 Å². The van der Waals surface area contributed by atoms with Crippen molar-refractivity contribution in [1.29, 1.82) is 0 Å². The van der Waals surface area contributed by atoms with Crippen LogP contribution in [0.15, 0.2) is 18.2 Å². The maximum atomic E-state index is 13.8. The number of halogens is 1. The van der Waals surface area contributed by atoms with Crippen LogP contribution in [-0.4, -0.2) is 25.4 Å². The Kier molecular flexibility index (Phi) is 4.93. The highest BCUT2D eigenvalue weighted by molar-refractivity contribution is 5.38. The lowest BCUT2D eigenvalue weighted by molar-refractivity contribution is -0.385. The van der Waals surface area contributed by atoms with E-state index in [1.165, 1.54) is 14.2 Å². The van der Waals surface area contributed by atoms with Gasteiger partial charge < -0.3 is 15.2 Å². The Labute approximate surface area is 110 Å². The lowest BCUT2D eigenvalue weighted by Gasteiger charge is -2.28. The zero-order valence-corrected chi connectivity index (χ0v) is 11.1. The molecule has 0 saturated heterocycles. The van der Waals surface area contributed by atoms with Gasteiger partial charge in [0.15, 0.2) is 6.29 Å². The van der Waals surface area contributed by atoms with Crippen LogP contribution < -0.4 is 5.73 Å². The molecule has 0 fully saturated rings. The van der Waals surface area contributed by atoms with Gasteiger partial charge in [-0.15, -0.1) is 0 Å². The molecule has 0 radical (unpaired) electrons. The molecule has 6 nitrogen and oxygen atoms in total. The Morgan fingerprint density at radius 2 is 2.05 bits per heavy atom. The van der Waals surface area contributed by atoms with Gasteiger partial charge in [0.1, 0.15) is 5.82 Å². The van der Waals surface area contributed by atoms with Gasteiger partial charge in [-0.2, -0.15) is 0 Å².